The van der Waals surface area contributed by atoms with E-state index in [0.717, 1.165) is 11.3 Å². The van der Waals surface area contributed by atoms with Crippen LogP contribution in [0.4, 0.5) is 11.4 Å². The molecule has 0 radical (unpaired) electrons. The van der Waals surface area contributed by atoms with Crippen molar-refractivity contribution in [3.63, 3.8) is 0 Å². The summed E-state index contributed by atoms with van der Waals surface area (Å²) < 4.78 is 5.66. The molecule has 106 valence electrons. The smallest absolute Gasteiger partial charge is 0.291 e. The lowest BCUT2D eigenvalue weighted by Crippen LogP contribution is -2.23. The Kier molecular flexibility index (Phi) is 3.36. The van der Waals surface area contributed by atoms with Crippen molar-refractivity contribution in [2.75, 3.05) is 24.3 Å². The van der Waals surface area contributed by atoms with Gasteiger partial charge in [0.2, 0.25) is 0 Å². The Balaban J connectivity index is 1.88. The summed E-state index contributed by atoms with van der Waals surface area (Å²) in [6.07, 6.45) is 1.74. The van der Waals surface area contributed by atoms with Gasteiger partial charge in [-0.25, -0.2) is 0 Å². The van der Waals surface area contributed by atoms with Crippen molar-refractivity contribution in [3.8, 4) is 5.75 Å². The highest BCUT2D eigenvalue weighted by Crippen LogP contribution is 2.30. The Labute approximate surface area is 123 Å². The van der Waals surface area contributed by atoms with Crippen molar-refractivity contribution in [2.24, 2.45) is 0 Å². The van der Waals surface area contributed by atoms with Crippen LogP contribution in [-0.2, 0) is 4.79 Å². The first-order valence-electron chi connectivity index (χ1n) is 6.71. The van der Waals surface area contributed by atoms with Crippen molar-refractivity contribution < 1.29 is 9.53 Å². The van der Waals surface area contributed by atoms with E-state index >= 15 is 0 Å². The molecular weight excluding hydrogens is 264 g/mol. The predicted octanol–water partition coefficient (Wildman–Crippen LogP) is 3.12. The van der Waals surface area contributed by atoms with E-state index in [9.17, 15) is 4.79 Å². The van der Waals surface area contributed by atoms with Crippen LogP contribution in [0.3, 0.4) is 0 Å². The molecule has 0 fully saturated rings. The highest BCUT2D eigenvalue weighted by molar-refractivity contribution is 6.08. The third-order valence-corrected chi connectivity index (χ3v) is 3.29. The van der Waals surface area contributed by atoms with E-state index in [-0.39, 0.29) is 5.91 Å². The molecule has 0 unspecified atom stereocenters. The fourth-order valence-corrected chi connectivity index (χ4v) is 2.12. The summed E-state index contributed by atoms with van der Waals surface area (Å²) in [6, 6.07) is 15.3. The van der Waals surface area contributed by atoms with Crippen molar-refractivity contribution in [1.29, 1.82) is 0 Å². The average molecular weight is 280 g/mol. The minimum Gasteiger partial charge on any atom is -0.449 e. The number of nitrogens with zero attached hydrogens (tertiary/aromatic N) is 1. The van der Waals surface area contributed by atoms with Crippen molar-refractivity contribution in [1.82, 2.24) is 0 Å². The number of fused-ring (bicyclic) bond motifs is 1. The molecule has 2 aromatic carbocycles. The van der Waals surface area contributed by atoms with Gasteiger partial charge in [0.15, 0.2) is 11.5 Å². The zero-order chi connectivity index (χ0) is 14.8. The van der Waals surface area contributed by atoms with Gasteiger partial charge in [0.05, 0.1) is 5.69 Å². The zero-order valence-corrected chi connectivity index (χ0v) is 12.0. The van der Waals surface area contributed by atoms with Gasteiger partial charge >= 0.3 is 0 Å². The number of hydrogen-bond donors (Lipinski definition) is 1. The third-order valence-electron chi connectivity index (χ3n) is 3.29. The van der Waals surface area contributed by atoms with Crippen LogP contribution in [0.5, 0.6) is 5.75 Å². The monoisotopic (exact) mass is 280 g/mol. The Morgan fingerprint density at radius 2 is 1.76 bits per heavy atom. The molecule has 0 atom stereocenters. The van der Waals surface area contributed by atoms with Gasteiger partial charge in [-0.1, -0.05) is 24.3 Å². The van der Waals surface area contributed by atoms with Crippen LogP contribution in [0, 0.1) is 0 Å². The first-order valence-corrected chi connectivity index (χ1v) is 6.71. The standard InChI is InChI=1S/C17H16N2O2/c1-19(2)13-9-7-12(8-10-13)11-16-17(20)18-14-5-3-4-6-15(14)21-16/h3-11H,1-2H3,(H,18,20)/b16-11-. The summed E-state index contributed by atoms with van der Waals surface area (Å²) in [5, 5.41) is 2.82. The second-order valence-electron chi connectivity index (χ2n) is 5.05. The lowest BCUT2D eigenvalue weighted by molar-refractivity contribution is -0.115. The van der Waals surface area contributed by atoms with Gasteiger partial charge in [-0.2, -0.15) is 0 Å². The first kappa shape index (κ1) is 13.2. The van der Waals surface area contributed by atoms with Gasteiger partial charge < -0.3 is 15.0 Å². The second-order valence-corrected chi connectivity index (χ2v) is 5.05. The maximum absolute atomic E-state index is 12.0. The minimum atomic E-state index is -0.231. The van der Waals surface area contributed by atoms with Crippen molar-refractivity contribution in [3.05, 3.63) is 59.9 Å². The number of carbonyl (C=O) groups is 1. The summed E-state index contributed by atoms with van der Waals surface area (Å²) in [6.45, 7) is 0. The fourth-order valence-electron chi connectivity index (χ4n) is 2.12. The van der Waals surface area contributed by atoms with Crippen LogP contribution in [-0.4, -0.2) is 20.0 Å². The largest absolute Gasteiger partial charge is 0.449 e. The molecule has 21 heavy (non-hydrogen) atoms. The molecule has 1 N–H and O–H groups in total. The van der Waals surface area contributed by atoms with Gasteiger partial charge in [0.1, 0.15) is 0 Å². The molecule has 0 saturated heterocycles. The zero-order valence-electron chi connectivity index (χ0n) is 12.0. The number of ether oxygens (including phenoxy) is 1. The number of benzene rings is 2. The molecule has 2 aromatic rings. The predicted molar refractivity (Wildman–Crippen MR) is 84.4 cm³/mol. The van der Waals surface area contributed by atoms with E-state index in [4.69, 9.17) is 4.74 Å². The van der Waals surface area contributed by atoms with Crippen LogP contribution in [0.25, 0.3) is 6.08 Å². The highest BCUT2D eigenvalue weighted by atomic mass is 16.5. The van der Waals surface area contributed by atoms with E-state index in [1.807, 2.05) is 67.5 Å². The topological polar surface area (TPSA) is 41.6 Å². The molecule has 3 rings (SSSR count). The molecule has 1 aliphatic heterocycles. The van der Waals surface area contributed by atoms with Gasteiger partial charge in [-0.15, -0.1) is 0 Å². The molecule has 1 aliphatic rings. The number of nitrogens with one attached hydrogen (secondary N) is 1. The Morgan fingerprint density at radius 1 is 1.05 bits per heavy atom. The third kappa shape index (κ3) is 2.74. The number of para-hydroxylation sites is 2. The summed E-state index contributed by atoms with van der Waals surface area (Å²) >= 11 is 0. The first-order chi connectivity index (χ1) is 10.1. The summed E-state index contributed by atoms with van der Waals surface area (Å²) in [4.78, 5) is 14.0. The molecule has 0 aliphatic carbocycles. The average Bonchev–Trinajstić information content (AvgIpc) is 2.48. The van der Waals surface area contributed by atoms with Gasteiger partial charge in [-0.05, 0) is 35.9 Å². The Hall–Kier alpha value is -2.75. The normalized spacial score (nSPS) is 15.1. The maximum atomic E-state index is 12.0. The highest BCUT2D eigenvalue weighted by Gasteiger charge is 2.21. The molecule has 0 bridgehead atoms. The number of rotatable bonds is 2. The summed E-state index contributed by atoms with van der Waals surface area (Å²) in [5.74, 6) is 0.727. The molecule has 0 spiro atoms. The van der Waals surface area contributed by atoms with Crippen LogP contribution in [0.2, 0.25) is 0 Å². The van der Waals surface area contributed by atoms with E-state index < -0.39 is 0 Å². The van der Waals surface area contributed by atoms with E-state index in [1.165, 1.54) is 0 Å². The fraction of sp³-hybridized carbons (Fsp3) is 0.118. The van der Waals surface area contributed by atoms with Gasteiger partial charge in [0, 0.05) is 19.8 Å². The Bertz CT molecular complexity index is 703. The molecule has 1 amide bonds. The summed E-state index contributed by atoms with van der Waals surface area (Å²) in [7, 11) is 3.98. The number of amides is 1. The molecule has 1 heterocycles. The summed E-state index contributed by atoms with van der Waals surface area (Å²) in [5.41, 5.74) is 2.73. The van der Waals surface area contributed by atoms with Crippen LogP contribution >= 0.6 is 0 Å². The van der Waals surface area contributed by atoms with Crippen molar-refractivity contribution >= 4 is 23.4 Å². The molecule has 4 heteroatoms. The van der Waals surface area contributed by atoms with Crippen LogP contribution in [0.15, 0.2) is 54.3 Å². The van der Waals surface area contributed by atoms with Crippen LogP contribution in [0.1, 0.15) is 5.56 Å². The molecule has 0 saturated carbocycles. The second kappa shape index (κ2) is 5.32. The minimum absolute atomic E-state index is 0.231. The molecule has 4 nitrogen and oxygen atoms in total. The van der Waals surface area contributed by atoms with Gasteiger partial charge in [-0.3, -0.25) is 4.79 Å². The van der Waals surface area contributed by atoms with Crippen LogP contribution < -0.4 is 15.0 Å². The van der Waals surface area contributed by atoms with Gasteiger partial charge in [0.25, 0.3) is 5.91 Å². The lowest BCUT2D eigenvalue weighted by atomic mass is 10.1. The molecule has 0 aromatic heterocycles. The Morgan fingerprint density at radius 3 is 2.48 bits per heavy atom. The maximum Gasteiger partial charge on any atom is 0.291 e. The molecular formula is C17H16N2O2. The van der Waals surface area contributed by atoms with Crippen molar-refractivity contribution in [2.45, 2.75) is 0 Å². The van der Waals surface area contributed by atoms with E-state index in [0.29, 0.717) is 17.2 Å². The number of anilines is 2. The lowest BCUT2D eigenvalue weighted by Gasteiger charge is -2.19. The quantitative estimate of drug-likeness (QED) is 0.859. The van der Waals surface area contributed by atoms with E-state index in [2.05, 4.69) is 5.32 Å². The van der Waals surface area contributed by atoms with E-state index in [1.54, 1.807) is 6.08 Å². The number of carbonyl (C=O) groups excluding carboxylic acids is 1. The number of hydrogen-bond acceptors (Lipinski definition) is 3. The SMILES string of the molecule is CN(C)c1ccc(/C=C2\Oc3ccccc3NC2=O)cc1.